The Morgan fingerprint density at radius 3 is 2.70 bits per heavy atom. The van der Waals surface area contributed by atoms with E-state index in [0.717, 1.165) is 5.57 Å². The molecule has 0 saturated carbocycles. The van der Waals surface area contributed by atoms with Gasteiger partial charge in [-0.25, -0.2) is 0 Å². The molecule has 56 valence electrons. The van der Waals surface area contributed by atoms with E-state index in [1.54, 1.807) is 0 Å². The van der Waals surface area contributed by atoms with Gasteiger partial charge in [0, 0.05) is 5.92 Å². The molecule has 0 aromatic carbocycles. The average Bonchev–Trinajstić information content (AvgIpc) is 1.84. The maximum absolute atomic E-state index is 9.56. The molecule has 1 aliphatic rings. The van der Waals surface area contributed by atoms with Gasteiger partial charge in [0.15, 0.2) is 5.06 Å². The van der Waals surface area contributed by atoms with Crippen molar-refractivity contribution >= 4 is 11.6 Å². The predicted molar refractivity (Wildman–Crippen MR) is 42.9 cm³/mol. The van der Waals surface area contributed by atoms with E-state index in [9.17, 15) is 5.11 Å². The molecule has 0 spiro atoms. The van der Waals surface area contributed by atoms with Crippen molar-refractivity contribution < 1.29 is 5.11 Å². The lowest BCUT2D eigenvalue weighted by Crippen LogP contribution is -2.31. The minimum absolute atomic E-state index is 0.000772. The lowest BCUT2D eigenvalue weighted by Gasteiger charge is -2.28. The maximum Gasteiger partial charge on any atom is 0.166 e. The molecule has 10 heavy (non-hydrogen) atoms. The molecular weight excluding hydrogens is 148 g/mol. The van der Waals surface area contributed by atoms with Gasteiger partial charge in [-0.05, 0) is 12.5 Å². The molecule has 2 heteroatoms. The van der Waals surface area contributed by atoms with Crippen molar-refractivity contribution in [3.8, 4) is 0 Å². The van der Waals surface area contributed by atoms with Gasteiger partial charge >= 0.3 is 0 Å². The number of hydrogen-bond donors (Lipinski definition) is 1. The molecule has 0 saturated heterocycles. The van der Waals surface area contributed by atoms with Gasteiger partial charge in [-0.3, -0.25) is 0 Å². The summed E-state index contributed by atoms with van der Waals surface area (Å²) in [4.78, 5) is 0. The molecule has 1 nitrogen and oxygen atoms in total. The molecule has 1 aliphatic carbocycles. The van der Waals surface area contributed by atoms with E-state index < -0.39 is 5.06 Å². The average molecular weight is 159 g/mol. The van der Waals surface area contributed by atoms with Crippen LogP contribution in [0.15, 0.2) is 23.8 Å². The summed E-state index contributed by atoms with van der Waals surface area (Å²) < 4.78 is 0. The highest BCUT2D eigenvalue weighted by atomic mass is 35.5. The highest BCUT2D eigenvalue weighted by Gasteiger charge is 2.32. The smallest absolute Gasteiger partial charge is 0.166 e. The molecule has 0 aromatic rings. The van der Waals surface area contributed by atoms with Crippen LogP contribution in [0.1, 0.15) is 13.8 Å². The SMILES string of the molecule is CC1=CC=CC(C)C1(O)Cl. The summed E-state index contributed by atoms with van der Waals surface area (Å²) in [6, 6.07) is 0. The zero-order valence-electron chi connectivity index (χ0n) is 6.13. The summed E-state index contributed by atoms with van der Waals surface area (Å²) in [6.07, 6.45) is 5.63. The second kappa shape index (κ2) is 2.40. The van der Waals surface area contributed by atoms with Crippen molar-refractivity contribution in [1.29, 1.82) is 0 Å². The number of allylic oxidation sites excluding steroid dienone is 2. The zero-order chi connectivity index (χ0) is 7.78. The van der Waals surface area contributed by atoms with Crippen molar-refractivity contribution in [1.82, 2.24) is 0 Å². The Bertz CT molecular complexity index is 191. The summed E-state index contributed by atoms with van der Waals surface area (Å²) in [5.41, 5.74) is 0.809. The van der Waals surface area contributed by atoms with Crippen LogP contribution in [0.25, 0.3) is 0 Å². The van der Waals surface area contributed by atoms with Crippen molar-refractivity contribution in [2.45, 2.75) is 18.9 Å². The second-order valence-electron chi connectivity index (χ2n) is 2.70. The quantitative estimate of drug-likeness (QED) is 0.536. The van der Waals surface area contributed by atoms with Crippen LogP contribution >= 0.6 is 11.6 Å². The molecule has 0 aliphatic heterocycles. The van der Waals surface area contributed by atoms with Crippen LogP contribution in [0.5, 0.6) is 0 Å². The van der Waals surface area contributed by atoms with Gasteiger partial charge in [-0.15, -0.1) is 0 Å². The minimum atomic E-state index is -1.16. The highest BCUT2D eigenvalue weighted by molar-refractivity contribution is 6.25. The van der Waals surface area contributed by atoms with Gasteiger partial charge in [0.1, 0.15) is 0 Å². The first kappa shape index (κ1) is 7.83. The summed E-state index contributed by atoms with van der Waals surface area (Å²) in [5.74, 6) is -0.000772. The van der Waals surface area contributed by atoms with E-state index in [1.165, 1.54) is 0 Å². The van der Waals surface area contributed by atoms with Crippen LogP contribution in [0.2, 0.25) is 0 Å². The van der Waals surface area contributed by atoms with E-state index in [2.05, 4.69) is 0 Å². The molecule has 2 unspecified atom stereocenters. The fourth-order valence-corrected chi connectivity index (χ4v) is 1.11. The topological polar surface area (TPSA) is 20.2 Å². The predicted octanol–water partition coefficient (Wildman–Crippen LogP) is 2.07. The summed E-state index contributed by atoms with van der Waals surface area (Å²) in [6.45, 7) is 3.72. The van der Waals surface area contributed by atoms with E-state index in [1.807, 2.05) is 32.1 Å². The minimum Gasteiger partial charge on any atom is -0.371 e. The molecular formula is C8H11ClO. The normalized spacial score (nSPS) is 39.6. The van der Waals surface area contributed by atoms with Gasteiger partial charge in [0.25, 0.3) is 0 Å². The lowest BCUT2D eigenvalue weighted by molar-refractivity contribution is 0.127. The molecule has 0 radical (unpaired) electrons. The number of rotatable bonds is 0. The molecule has 0 heterocycles. The number of alkyl halides is 1. The van der Waals surface area contributed by atoms with E-state index in [4.69, 9.17) is 11.6 Å². The zero-order valence-corrected chi connectivity index (χ0v) is 6.89. The third-order valence-corrected chi connectivity index (χ3v) is 2.54. The molecule has 0 fully saturated rings. The van der Waals surface area contributed by atoms with E-state index in [0.29, 0.717) is 0 Å². The summed E-state index contributed by atoms with van der Waals surface area (Å²) in [5, 5.41) is 8.40. The Hall–Kier alpha value is -0.270. The molecule has 1 N–H and O–H groups in total. The first-order chi connectivity index (χ1) is 4.55. The van der Waals surface area contributed by atoms with Crippen LogP contribution in [0, 0.1) is 5.92 Å². The third-order valence-electron chi connectivity index (χ3n) is 1.90. The van der Waals surface area contributed by atoms with Crippen LogP contribution in [-0.2, 0) is 0 Å². The van der Waals surface area contributed by atoms with Crippen LogP contribution in [0.3, 0.4) is 0 Å². The Labute approximate surface area is 66.0 Å². The van der Waals surface area contributed by atoms with Crippen molar-refractivity contribution in [2.75, 3.05) is 0 Å². The van der Waals surface area contributed by atoms with Gasteiger partial charge in [-0.2, -0.15) is 0 Å². The van der Waals surface area contributed by atoms with Gasteiger partial charge < -0.3 is 5.11 Å². The Balaban J connectivity index is 2.93. The summed E-state index contributed by atoms with van der Waals surface area (Å²) in [7, 11) is 0. The monoisotopic (exact) mass is 158 g/mol. The van der Waals surface area contributed by atoms with Crippen molar-refractivity contribution in [3.63, 3.8) is 0 Å². The largest absolute Gasteiger partial charge is 0.371 e. The van der Waals surface area contributed by atoms with Crippen LogP contribution < -0.4 is 0 Å². The Kier molecular flexibility index (Phi) is 1.88. The van der Waals surface area contributed by atoms with Gasteiger partial charge in [-0.1, -0.05) is 36.8 Å². The molecule has 0 bridgehead atoms. The molecule has 0 aromatic heterocycles. The molecule has 1 rings (SSSR count). The Morgan fingerprint density at radius 2 is 2.30 bits per heavy atom. The van der Waals surface area contributed by atoms with Gasteiger partial charge in [0.2, 0.25) is 0 Å². The highest BCUT2D eigenvalue weighted by Crippen LogP contribution is 2.33. The van der Waals surface area contributed by atoms with E-state index in [-0.39, 0.29) is 5.92 Å². The van der Waals surface area contributed by atoms with Crippen molar-refractivity contribution in [3.05, 3.63) is 23.8 Å². The number of hydrogen-bond acceptors (Lipinski definition) is 1. The number of aliphatic hydroxyl groups is 1. The maximum atomic E-state index is 9.56. The number of halogens is 1. The van der Waals surface area contributed by atoms with Crippen LogP contribution in [-0.4, -0.2) is 10.2 Å². The Morgan fingerprint density at radius 1 is 1.70 bits per heavy atom. The van der Waals surface area contributed by atoms with Gasteiger partial charge in [0.05, 0.1) is 0 Å². The lowest BCUT2D eigenvalue weighted by atomic mass is 9.93. The molecule has 0 amide bonds. The second-order valence-corrected chi connectivity index (χ2v) is 3.27. The fourth-order valence-electron chi connectivity index (χ4n) is 0.970. The first-order valence-corrected chi connectivity index (χ1v) is 3.70. The van der Waals surface area contributed by atoms with E-state index >= 15 is 0 Å². The fraction of sp³-hybridized carbons (Fsp3) is 0.500. The summed E-state index contributed by atoms with van der Waals surface area (Å²) >= 11 is 5.81. The third kappa shape index (κ3) is 1.11. The van der Waals surface area contributed by atoms with Crippen LogP contribution in [0.4, 0.5) is 0 Å². The molecule has 2 atom stereocenters. The first-order valence-electron chi connectivity index (χ1n) is 3.32. The standard InChI is InChI=1S/C8H11ClO/c1-6-4-3-5-7(2)8(6,9)10/h3-6,10H,1-2H3. The van der Waals surface area contributed by atoms with Crippen molar-refractivity contribution in [2.24, 2.45) is 5.92 Å².